The molecule has 1 aromatic carbocycles. The number of hydrogen-bond acceptors (Lipinski definition) is 4. The van der Waals surface area contributed by atoms with E-state index in [1.807, 2.05) is 11.8 Å². The molecule has 4 nitrogen and oxygen atoms in total. The standard InChI is InChI=1S/C13H20N2O2S2/c14-13-3-1-12(2-4-13)10-19(16,17)15-9-11-5-7-18-8-6-11/h1-4,11,15H,5-10,14H2. The first-order valence-corrected chi connectivity index (χ1v) is 9.25. The average molecular weight is 300 g/mol. The Bertz CT molecular complexity index is 494. The zero-order chi connectivity index (χ0) is 13.7. The molecule has 19 heavy (non-hydrogen) atoms. The second-order valence-corrected chi connectivity index (χ2v) is 7.94. The predicted molar refractivity (Wildman–Crippen MR) is 81.5 cm³/mol. The molecule has 1 aromatic rings. The molecule has 1 fully saturated rings. The maximum atomic E-state index is 12.0. The molecule has 1 aliphatic heterocycles. The Morgan fingerprint density at radius 2 is 1.84 bits per heavy atom. The van der Waals surface area contributed by atoms with Crippen molar-refractivity contribution in [2.24, 2.45) is 5.92 Å². The maximum Gasteiger partial charge on any atom is 0.215 e. The van der Waals surface area contributed by atoms with E-state index in [9.17, 15) is 8.42 Å². The number of hydrogen-bond donors (Lipinski definition) is 2. The lowest BCUT2D eigenvalue weighted by Gasteiger charge is -2.21. The van der Waals surface area contributed by atoms with E-state index in [1.165, 1.54) is 0 Å². The van der Waals surface area contributed by atoms with Gasteiger partial charge in [-0.3, -0.25) is 0 Å². The first kappa shape index (κ1) is 14.7. The Hall–Kier alpha value is -0.720. The zero-order valence-electron chi connectivity index (χ0n) is 10.8. The van der Waals surface area contributed by atoms with Crippen LogP contribution in [0.5, 0.6) is 0 Å². The third kappa shape index (κ3) is 5.04. The summed E-state index contributed by atoms with van der Waals surface area (Å²) in [6.45, 7) is 0.567. The van der Waals surface area contributed by atoms with Crippen LogP contribution < -0.4 is 10.5 Å². The minimum atomic E-state index is -3.24. The summed E-state index contributed by atoms with van der Waals surface area (Å²) < 4.78 is 26.7. The van der Waals surface area contributed by atoms with Crippen LogP contribution in [0.25, 0.3) is 0 Å². The van der Waals surface area contributed by atoms with Crippen molar-refractivity contribution >= 4 is 27.5 Å². The SMILES string of the molecule is Nc1ccc(CS(=O)(=O)NCC2CCSCC2)cc1. The fourth-order valence-corrected chi connectivity index (χ4v) is 4.51. The molecule has 1 aliphatic rings. The van der Waals surface area contributed by atoms with E-state index < -0.39 is 10.0 Å². The molecule has 1 saturated heterocycles. The number of anilines is 1. The molecule has 0 atom stereocenters. The Kier molecular flexibility index (Phi) is 5.13. The smallest absolute Gasteiger partial charge is 0.215 e. The maximum absolute atomic E-state index is 12.0. The third-order valence-corrected chi connectivity index (χ3v) is 5.64. The van der Waals surface area contributed by atoms with Gasteiger partial charge in [-0.25, -0.2) is 13.1 Å². The van der Waals surface area contributed by atoms with Crippen LogP contribution in [0, 0.1) is 5.92 Å². The van der Waals surface area contributed by atoms with Crippen molar-refractivity contribution < 1.29 is 8.42 Å². The highest BCUT2D eigenvalue weighted by Crippen LogP contribution is 2.22. The molecule has 3 N–H and O–H groups in total. The second-order valence-electron chi connectivity index (χ2n) is 4.90. The molecule has 0 aromatic heterocycles. The lowest BCUT2D eigenvalue weighted by molar-refractivity contribution is 0.476. The van der Waals surface area contributed by atoms with Crippen LogP contribution in [0.4, 0.5) is 5.69 Å². The summed E-state index contributed by atoms with van der Waals surface area (Å²) in [4.78, 5) is 0. The van der Waals surface area contributed by atoms with E-state index in [4.69, 9.17) is 5.73 Å². The van der Waals surface area contributed by atoms with E-state index >= 15 is 0 Å². The van der Waals surface area contributed by atoms with Crippen LogP contribution in [0.15, 0.2) is 24.3 Å². The van der Waals surface area contributed by atoms with E-state index in [0.717, 1.165) is 29.9 Å². The zero-order valence-corrected chi connectivity index (χ0v) is 12.5. The van der Waals surface area contributed by atoms with E-state index in [1.54, 1.807) is 24.3 Å². The molecule has 0 unspecified atom stereocenters. The normalized spacial score (nSPS) is 17.5. The first-order valence-electron chi connectivity index (χ1n) is 6.45. The van der Waals surface area contributed by atoms with Gasteiger partial charge in [0.1, 0.15) is 0 Å². The van der Waals surface area contributed by atoms with Gasteiger partial charge in [0, 0.05) is 12.2 Å². The monoisotopic (exact) mass is 300 g/mol. The molecule has 0 bridgehead atoms. The summed E-state index contributed by atoms with van der Waals surface area (Å²) in [5.41, 5.74) is 6.99. The van der Waals surface area contributed by atoms with Gasteiger partial charge in [0.05, 0.1) is 5.75 Å². The van der Waals surface area contributed by atoms with Gasteiger partial charge in [0.15, 0.2) is 0 Å². The average Bonchev–Trinajstić information content (AvgIpc) is 2.40. The van der Waals surface area contributed by atoms with Crippen LogP contribution in [0.1, 0.15) is 18.4 Å². The number of nitrogen functional groups attached to an aromatic ring is 1. The Balaban J connectivity index is 1.85. The van der Waals surface area contributed by atoms with Gasteiger partial charge in [-0.15, -0.1) is 0 Å². The van der Waals surface area contributed by atoms with Gasteiger partial charge >= 0.3 is 0 Å². The minimum absolute atomic E-state index is 0.0226. The first-order chi connectivity index (χ1) is 9.05. The van der Waals surface area contributed by atoms with Crippen LogP contribution in [-0.4, -0.2) is 26.5 Å². The Labute approximate surface area is 119 Å². The molecule has 0 radical (unpaired) electrons. The molecule has 2 rings (SSSR count). The molecule has 0 amide bonds. The number of nitrogens with two attached hydrogens (primary N) is 1. The van der Waals surface area contributed by atoms with Crippen LogP contribution in [0.3, 0.4) is 0 Å². The van der Waals surface area contributed by atoms with Crippen LogP contribution >= 0.6 is 11.8 Å². The lowest BCUT2D eigenvalue weighted by atomic mass is 10.0. The van der Waals surface area contributed by atoms with Gasteiger partial charge in [-0.05, 0) is 48.0 Å². The van der Waals surface area contributed by atoms with Gasteiger partial charge in [-0.2, -0.15) is 11.8 Å². The molecular weight excluding hydrogens is 280 g/mol. The van der Waals surface area contributed by atoms with E-state index in [2.05, 4.69) is 4.72 Å². The highest BCUT2D eigenvalue weighted by atomic mass is 32.2. The molecule has 0 aliphatic carbocycles. The topological polar surface area (TPSA) is 72.2 Å². The lowest BCUT2D eigenvalue weighted by Crippen LogP contribution is -2.31. The van der Waals surface area contributed by atoms with Crippen LogP contribution in [0.2, 0.25) is 0 Å². The number of rotatable bonds is 5. The quantitative estimate of drug-likeness (QED) is 0.814. The summed E-state index contributed by atoms with van der Waals surface area (Å²) in [6, 6.07) is 6.96. The van der Waals surface area contributed by atoms with Crippen molar-refractivity contribution in [3.63, 3.8) is 0 Å². The van der Waals surface area contributed by atoms with Crippen molar-refractivity contribution in [3.05, 3.63) is 29.8 Å². The van der Waals surface area contributed by atoms with Crippen molar-refractivity contribution in [3.8, 4) is 0 Å². The minimum Gasteiger partial charge on any atom is -0.399 e. The Morgan fingerprint density at radius 1 is 1.21 bits per heavy atom. The fraction of sp³-hybridized carbons (Fsp3) is 0.538. The molecule has 0 saturated carbocycles. The fourth-order valence-electron chi connectivity index (χ4n) is 2.08. The van der Waals surface area contributed by atoms with Gasteiger partial charge in [0.2, 0.25) is 10.0 Å². The molecule has 106 valence electrons. The molecule has 1 heterocycles. The largest absolute Gasteiger partial charge is 0.399 e. The van der Waals surface area contributed by atoms with E-state index in [-0.39, 0.29) is 5.75 Å². The van der Waals surface area contributed by atoms with Crippen molar-refractivity contribution in [2.75, 3.05) is 23.8 Å². The summed E-state index contributed by atoms with van der Waals surface area (Å²) in [6.07, 6.45) is 2.21. The third-order valence-electron chi connectivity index (χ3n) is 3.27. The van der Waals surface area contributed by atoms with Gasteiger partial charge < -0.3 is 5.73 Å². The number of benzene rings is 1. The van der Waals surface area contributed by atoms with Gasteiger partial charge in [-0.1, -0.05) is 12.1 Å². The summed E-state index contributed by atoms with van der Waals surface area (Å²) in [5, 5.41) is 0. The summed E-state index contributed by atoms with van der Waals surface area (Å²) >= 11 is 1.95. The summed E-state index contributed by atoms with van der Waals surface area (Å²) in [7, 11) is -3.24. The molecule has 6 heteroatoms. The number of sulfonamides is 1. The predicted octanol–water partition coefficient (Wildman–Crippen LogP) is 1.83. The highest BCUT2D eigenvalue weighted by molar-refractivity contribution is 7.99. The highest BCUT2D eigenvalue weighted by Gasteiger charge is 2.17. The summed E-state index contributed by atoms with van der Waals surface area (Å²) in [5.74, 6) is 2.80. The Morgan fingerprint density at radius 3 is 2.47 bits per heavy atom. The van der Waals surface area contributed by atoms with Crippen molar-refractivity contribution in [1.29, 1.82) is 0 Å². The number of nitrogens with one attached hydrogen (secondary N) is 1. The van der Waals surface area contributed by atoms with Crippen LogP contribution in [-0.2, 0) is 15.8 Å². The van der Waals surface area contributed by atoms with Crippen molar-refractivity contribution in [1.82, 2.24) is 4.72 Å². The van der Waals surface area contributed by atoms with Crippen molar-refractivity contribution in [2.45, 2.75) is 18.6 Å². The number of thioether (sulfide) groups is 1. The van der Waals surface area contributed by atoms with E-state index in [0.29, 0.717) is 18.2 Å². The molecule has 0 spiro atoms. The second kappa shape index (κ2) is 6.63. The molecular formula is C13H20N2O2S2. The van der Waals surface area contributed by atoms with Gasteiger partial charge in [0.25, 0.3) is 0 Å².